The number of benzene rings is 1. The Morgan fingerprint density at radius 2 is 1.96 bits per heavy atom. The van der Waals surface area contributed by atoms with Gasteiger partial charge in [-0.2, -0.15) is 0 Å². The van der Waals surface area contributed by atoms with Crippen molar-refractivity contribution in [3.63, 3.8) is 0 Å². The van der Waals surface area contributed by atoms with Crippen LogP contribution >= 0.6 is 11.3 Å². The number of carboxylic acids is 1. The molecule has 0 spiro atoms. The van der Waals surface area contributed by atoms with Crippen molar-refractivity contribution in [2.24, 2.45) is 5.92 Å². The fourth-order valence-electron chi connectivity index (χ4n) is 2.85. The Balaban J connectivity index is 1.70. The number of rotatable bonds is 4. The minimum Gasteiger partial charge on any atom is -0.481 e. The van der Waals surface area contributed by atoms with E-state index in [1.807, 2.05) is 35.7 Å². The Morgan fingerprint density at radius 3 is 2.54 bits per heavy atom. The van der Waals surface area contributed by atoms with Gasteiger partial charge in [0.2, 0.25) is 0 Å². The first kappa shape index (κ1) is 16.4. The molecule has 1 aliphatic rings. The Kier molecular flexibility index (Phi) is 5.10. The Labute approximate surface area is 144 Å². The highest BCUT2D eigenvalue weighted by atomic mass is 32.1. The van der Waals surface area contributed by atoms with Gasteiger partial charge in [0.1, 0.15) is 11.0 Å². The summed E-state index contributed by atoms with van der Waals surface area (Å²) < 4.78 is 0. The number of likely N-dealkylation sites (tertiary alicyclic amines) is 1. The average molecular weight is 345 g/mol. The summed E-state index contributed by atoms with van der Waals surface area (Å²) in [5.74, 6) is -1.13. The van der Waals surface area contributed by atoms with Gasteiger partial charge in [-0.15, -0.1) is 11.3 Å². The molecule has 2 aromatic rings. The summed E-state index contributed by atoms with van der Waals surface area (Å²) in [5, 5.41) is 14.8. The lowest BCUT2D eigenvalue weighted by molar-refractivity contribution is -0.143. The average Bonchev–Trinajstić information content (AvgIpc) is 3.14. The van der Waals surface area contributed by atoms with Gasteiger partial charge in [-0.05, 0) is 18.4 Å². The van der Waals surface area contributed by atoms with Crippen LogP contribution in [0.3, 0.4) is 0 Å². The second-order valence-corrected chi connectivity index (χ2v) is 6.69. The van der Waals surface area contributed by atoms with Gasteiger partial charge in [-0.25, -0.2) is 9.78 Å². The van der Waals surface area contributed by atoms with Crippen LogP contribution in [0.15, 0.2) is 41.9 Å². The van der Waals surface area contributed by atoms with Crippen LogP contribution in [-0.2, 0) is 4.79 Å². The van der Waals surface area contributed by atoms with Crippen LogP contribution in [0.5, 0.6) is 0 Å². The molecular formula is C17H19N3O3S. The fourth-order valence-corrected chi connectivity index (χ4v) is 3.57. The summed E-state index contributed by atoms with van der Waals surface area (Å²) in [5.41, 5.74) is 0.973. The summed E-state index contributed by atoms with van der Waals surface area (Å²) in [6.07, 6.45) is 2.71. The molecule has 1 aromatic heterocycles. The number of hydrogen-bond acceptors (Lipinski definition) is 4. The van der Waals surface area contributed by atoms with E-state index in [9.17, 15) is 9.59 Å². The molecular weight excluding hydrogens is 326 g/mol. The van der Waals surface area contributed by atoms with Gasteiger partial charge in [-0.3, -0.25) is 4.79 Å². The van der Waals surface area contributed by atoms with Gasteiger partial charge in [-0.1, -0.05) is 30.3 Å². The first-order chi connectivity index (χ1) is 11.6. The Morgan fingerprint density at radius 1 is 1.25 bits per heavy atom. The van der Waals surface area contributed by atoms with Crippen LogP contribution in [0.4, 0.5) is 4.79 Å². The predicted molar refractivity (Wildman–Crippen MR) is 90.9 cm³/mol. The lowest BCUT2D eigenvalue weighted by atomic mass is 9.97. The third-order valence-electron chi connectivity index (χ3n) is 4.23. The monoisotopic (exact) mass is 345 g/mol. The van der Waals surface area contributed by atoms with Crippen molar-refractivity contribution in [2.45, 2.75) is 18.9 Å². The minimum atomic E-state index is -0.778. The molecule has 1 saturated heterocycles. The Hall–Kier alpha value is -2.41. The fraction of sp³-hybridized carbons (Fsp3) is 0.353. The Bertz CT molecular complexity index is 682. The third kappa shape index (κ3) is 3.73. The second kappa shape index (κ2) is 7.44. The van der Waals surface area contributed by atoms with Crippen LogP contribution in [-0.4, -0.2) is 40.1 Å². The molecule has 1 aliphatic heterocycles. The first-order valence-electron chi connectivity index (χ1n) is 7.87. The van der Waals surface area contributed by atoms with Crippen molar-refractivity contribution in [3.8, 4) is 0 Å². The van der Waals surface area contributed by atoms with Crippen molar-refractivity contribution in [1.82, 2.24) is 15.2 Å². The number of piperidine rings is 1. The van der Waals surface area contributed by atoms with Crippen molar-refractivity contribution < 1.29 is 14.7 Å². The smallest absolute Gasteiger partial charge is 0.318 e. The normalized spacial score (nSPS) is 16.6. The molecule has 0 radical (unpaired) electrons. The number of carbonyl (C=O) groups excluding carboxylic acids is 1. The SMILES string of the molecule is O=C(O)C1CCN(C(=O)NC(c2ccccc2)c2nccs2)CC1. The van der Waals surface area contributed by atoms with Crippen LogP contribution in [0.1, 0.15) is 29.5 Å². The minimum absolute atomic E-state index is 0.178. The molecule has 0 bridgehead atoms. The van der Waals surface area contributed by atoms with Crippen LogP contribution < -0.4 is 5.32 Å². The topological polar surface area (TPSA) is 82.5 Å². The molecule has 1 atom stereocenters. The number of thiazole rings is 1. The molecule has 3 rings (SSSR count). The van der Waals surface area contributed by atoms with Crippen molar-refractivity contribution in [2.75, 3.05) is 13.1 Å². The molecule has 0 saturated carbocycles. The second-order valence-electron chi connectivity index (χ2n) is 5.76. The van der Waals surface area contributed by atoms with Gasteiger partial charge >= 0.3 is 12.0 Å². The number of carboxylic acid groups (broad SMARTS) is 1. The molecule has 2 heterocycles. The maximum absolute atomic E-state index is 12.6. The highest BCUT2D eigenvalue weighted by molar-refractivity contribution is 7.09. The predicted octanol–water partition coefficient (Wildman–Crippen LogP) is 2.74. The van der Waals surface area contributed by atoms with Gasteiger partial charge in [0.25, 0.3) is 0 Å². The number of carbonyl (C=O) groups is 2. The lowest BCUT2D eigenvalue weighted by Crippen LogP contribution is -2.46. The summed E-state index contributed by atoms with van der Waals surface area (Å²) in [6.45, 7) is 0.921. The third-order valence-corrected chi connectivity index (χ3v) is 5.07. The standard InChI is InChI=1S/C17H19N3O3S/c21-16(22)13-6-9-20(10-7-13)17(23)19-14(15-18-8-11-24-15)12-4-2-1-3-5-12/h1-5,8,11,13-14H,6-7,9-10H2,(H,19,23)(H,21,22). The number of amides is 2. The highest BCUT2D eigenvalue weighted by Gasteiger charge is 2.28. The van der Waals surface area contributed by atoms with Crippen LogP contribution in [0.2, 0.25) is 0 Å². The van der Waals surface area contributed by atoms with E-state index in [4.69, 9.17) is 5.11 Å². The zero-order valence-electron chi connectivity index (χ0n) is 13.1. The summed E-state index contributed by atoms with van der Waals surface area (Å²) in [7, 11) is 0. The number of aliphatic carboxylic acids is 1. The summed E-state index contributed by atoms with van der Waals surface area (Å²) in [4.78, 5) is 29.6. The van der Waals surface area contributed by atoms with Gasteiger partial charge in [0.15, 0.2) is 0 Å². The molecule has 24 heavy (non-hydrogen) atoms. The molecule has 6 nitrogen and oxygen atoms in total. The molecule has 7 heteroatoms. The van der Waals surface area contributed by atoms with Crippen molar-refractivity contribution in [1.29, 1.82) is 0 Å². The molecule has 0 aliphatic carbocycles. The van der Waals surface area contributed by atoms with E-state index in [1.54, 1.807) is 11.1 Å². The van der Waals surface area contributed by atoms with Gasteiger partial charge < -0.3 is 15.3 Å². The van der Waals surface area contributed by atoms with E-state index in [0.717, 1.165) is 10.6 Å². The largest absolute Gasteiger partial charge is 0.481 e. The summed E-state index contributed by atoms with van der Waals surface area (Å²) >= 11 is 1.50. The van der Waals surface area contributed by atoms with E-state index >= 15 is 0 Å². The zero-order valence-corrected chi connectivity index (χ0v) is 13.9. The van der Waals surface area contributed by atoms with E-state index in [-0.39, 0.29) is 18.0 Å². The quantitative estimate of drug-likeness (QED) is 0.892. The highest BCUT2D eigenvalue weighted by Crippen LogP contribution is 2.25. The number of urea groups is 1. The lowest BCUT2D eigenvalue weighted by Gasteiger charge is -2.31. The number of aromatic nitrogens is 1. The molecule has 126 valence electrons. The first-order valence-corrected chi connectivity index (χ1v) is 8.75. The van der Waals surface area contributed by atoms with E-state index in [1.165, 1.54) is 11.3 Å². The van der Waals surface area contributed by atoms with Gasteiger partial charge in [0.05, 0.1) is 5.92 Å². The molecule has 1 aromatic carbocycles. The maximum Gasteiger partial charge on any atom is 0.318 e. The number of nitrogens with zero attached hydrogens (tertiary/aromatic N) is 2. The molecule has 1 fully saturated rings. The molecule has 2 amide bonds. The summed E-state index contributed by atoms with van der Waals surface area (Å²) in [6, 6.07) is 9.24. The molecule has 1 unspecified atom stereocenters. The van der Waals surface area contributed by atoms with Crippen molar-refractivity contribution in [3.05, 3.63) is 52.5 Å². The van der Waals surface area contributed by atoms with E-state index in [0.29, 0.717) is 25.9 Å². The number of hydrogen-bond donors (Lipinski definition) is 2. The van der Waals surface area contributed by atoms with E-state index < -0.39 is 5.97 Å². The van der Waals surface area contributed by atoms with Crippen molar-refractivity contribution >= 4 is 23.3 Å². The maximum atomic E-state index is 12.6. The number of nitrogens with one attached hydrogen (secondary N) is 1. The van der Waals surface area contributed by atoms with Gasteiger partial charge in [0, 0.05) is 24.7 Å². The van der Waals surface area contributed by atoms with Crippen LogP contribution in [0.25, 0.3) is 0 Å². The molecule has 2 N–H and O–H groups in total. The van der Waals surface area contributed by atoms with Crippen LogP contribution in [0, 0.1) is 5.92 Å². The van der Waals surface area contributed by atoms with E-state index in [2.05, 4.69) is 10.3 Å². The zero-order chi connectivity index (χ0) is 16.9.